The third-order valence-electron chi connectivity index (χ3n) is 4.76. The molecule has 4 nitrogen and oxygen atoms in total. The Bertz CT molecular complexity index is 1020. The second-order valence-corrected chi connectivity index (χ2v) is 7.07. The summed E-state index contributed by atoms with van der Waals surface area (Å²) in [6.07, 6.45) is 8.48. The van der Waals surface area contributed by atoms with Crippen LogP contribution in [0.25, 0.3) is 17.7 Å². The van der Waals surface area contributed by atoms with Crippen molar-refractivity contribution < 1.29 is 4.42 Å². The zero-order chi connectivity index (χ0) is 16.7. The second kappa shape index (κ2) is 5.57. The predicted molar refractivity (Wildman–Crippen MR) is 98.4 cm³/mol. The molecule has 5 heteroatoms. The predicted octanol–water partition coefficient (Wildman–Crippen LogP) is 4.68. The first-order valence-corrected chi connectivity index (χ1v) is 9.01. The number of hydrogen-bond acceptors (Lipinski definition) is 4. The van der Waals surface area contributed by atoms with Gasteiger partial charge in [0.1, 0.15) is 6.26 Å². The van der Waals surface area contributed by atoms with Gasteiger partial charge in [-0.05, 0) is 17.0 Å². The molecule has 122 valence electrons. The van der Waals surface area contributed by atoms with Crippen molar-refractivity contribution in [3.05, 3.63) is 88.1 Å². The second-order valence-electron chi connectivity index (χ2n) is 6.13. The summed E-state index contributed by atoms with van der Waals surface area (Å²) in [5.74, 6) is 0.547. The molecule has 0 fully saturated rings. The highest BCUT2D eigenvalue weighted by Crippen LogP contribution is 2.44. The van der Waals surface area contributed by atoms with E-state index in [0.717, 1.165) is 23.4 Å². The molecule has 0 spiro atoms. The molecular formula is C20H15N3OS. The lowest BCUT2D eigenvalue weighted by Gasteiger charge is -2.33. The summed E-state index contributed by atoms with van der Waals surface area (Å²) >= 11 is 1.79. The molecule has 1 atom stereocenters. The SMILES string of the molecule is C1=CC(c2ccccc2)(c2cccs2)Cc2[nH]nc(-c3ncco3)c21. The largest absolute Gasteiger partial charge is 0.443 e. The Morgan fingerprint density at radius 2 is 2.04 bits per heavy atom. The number of H-pyrrole nitrogens is 1. The van der Waals surface area contributed by atoms with Gasteiger partial charge in [-0.3, -0.25) is 5.10 Å². The number of aromatic amines is 1. The monoisotopic (exact) mass is 345 g/mol. The van der Waals surface area contributed by atoms with Gasteiger partial charge in [0.2, 0.25) is 5.89 Å². The Morgan fingerprint density at radius 1 is 1.12 bits per heavy atom. The first-order valence-electron chi connectivity index (χ1n) is 8.13. The van der Waals surface area contributed by atoms with Crippen LogP contribution in [0.2, 0.25) is 0 Å². The maximum Gasteiger partial charge on any atom is 0.247 e. The molecular weight excluding hydrogens is 330 g/mol. The van der Waals surface area contributed by atoms with E-state index < -0.39 is 0 Å². The lowest BCUT2D eigenvalue weighted by molar-refractivity contribution is 0.571. The van der Waals surface area contributed by atoms with E-state index in [9.17, 15) is 0 Å². The minimum atomic E-state index is -0.178. The van der Waals surface area contributed by atoms with Crippen LogP contribution < -0.4 is 0 Å². The lowest BCUT2D eigenvalue weighted by atomic mass is 9.72. The average molecular weight is 345 g/mol. The van der Waals surface area contributed by atoms with Gasteiger partial charge in [0.15, 0.2) is 5.69 Å². The highest BCUT2D eigenvalue weighted by Gasteiger charge is 2.37. The molecule has 1 aromatic carbocycles. The van der Waals surface area contributed by atoms with Gasteiger partial charge < -0.3 is 4.42 Å². The standard InChI is InChI=1S/C20H15N3OS/c1-2-5-14(6-3-1)20(17-7-4-12-25-17)9-8-15-16(13-20)22-23-18(15)19-21-10-11-24-19/h1-12H,13H2,(H,22,23). The van der Waals surface area contributed by atoms with Gasteiger partial charge in [-0.1, -0.05) is 48.6 Å². The van der Waals surface area contributed by atoms with Crippen LogP contribution in [0.1, 0.15) is 21.7 Å². The summed E-state index contributed by atoms with van der Waals surface area (Å²) in [4.78, 5) is 5.56. The van der Waals surface area contributed by atoms with Gasteiger partial charge in [0.05, 0.1) is 11.6 Å². The maximum atomic E-state index is 5.43. The van der Waals surface area contributed by atoms with E-state index in [4.69, 9.17) is 4.42 Å². The number of thiophene rings is 1. The van der Waals surface area contributed by atoms with Crippen molar-refractivity contribution in [2.24, 2.45) is 0 Å². The van der Waals surface area contributed by atoms with E-state index in [1.54, 1.807) is 23.8 Å². The quantitative estimate of drug-likeness (QED) is 0.586. The van der Waals surface area contributed by atoms with Crippen LogP contribution in [0.3, 0.4) is 0 Å². The van der Waals surface area contributed by atoms with Crippen molar-refractivity contribution in [3.8, 4) is 11.6 Å². The minimum absolute atomic E-state index is 0.178. The molecule has 1 N–H and O–H groups in total. The molecule has 1 aliphatic carbocycles. The van der Waals surface area contributed by atoms with Crippen molar-refractivity contribution >= 4 is 17.4 Å². The first kappa shape index (κ1) is 14.4. The van der Waals surface area contributed by atoms with Crippen molar-refractivity contribution in [3.63, 3.8) is 0 Å². The fourth-order valence-electron chi connectivity index (χ4n) is 3.55. The molecule has 0 amide bonds. The summed E-state index contributed by atoms with van der Waals surface area (Å²) in [6, 6.07) is 15.0. The Balaban J connectivity index is 1.66. The van der Waals surface area contributed by atoms with Gasteiger partial charge in [0.25, 0.3) is 0 Å². The van der Waals surface area contributed by atoms with E-state index in [-0.39, 0.29) is 5.41 Å². The topological polar surface area (TPSA) is 54.7 Å². The van der Waals surface area contributed by atoms with E-state index in [1.165, 1.54) is 10.4 Å². The zero-order valence-corrected chi connectivity index (χ0v) is 14.2. The van der Waals surface area contributed by atoms with Crippen LogP contribution in [0, 0.1) is 0 Å². The van der Waals surface area contributed by atoms with Gasteiger partial charge in [-0.2, -0.15) is 5.10 Å². The molecule has 0 aliphatic heterocycles. The summed E-state index contributed by atoms with van der Waals surface area (Å²) in [6.45, 7) is 0. The van der Waals surface area contributed by atoms with Crippen molar-refractivity contribution in [1.82, 2.24) is 15.2 Å². The van der Waals surface area contributed by atoms with Crippen molar-refractivity contribution in [1.29, 1.82) is 0 Å². The van der Waals surface area contributed by atoms with Crippen LogP contribution in [-0.4, -0.2) is 15.2 Å². The van der Waals surface area contributed by atoms with Crippen LogP contribution in [0.5, 0.6) is 0 Å². The fraction of sp³-hybridized carbons (Fsp3) is 0.100. The molecule has 3 aromatic heterocycles. The number of hydrogen-bond donors (Lipinski definition) is 1. The number of fused-ring (bicyclic) bond motifs is 1. The van der Waals surface area contributed by atoms with Gasteiger partial charge in [0, 0.05) is 22.6 Å². The number of nitrogens with zero attached hydrogens (tertiary/aromatic N) is 2. The molecule has 4 aromatic rings. The van der Waals surface area contributed by atoms with Crippen LogP contribution in [-0.2, 0) is 11.8 Å². The Kier molecular flexibility index (Phi) is 3.21. The molecule has 1 aliphatic rings. The highest BCUT2D eigenvalue weighted by molar-refractivity contribution is 7.10. The molecule has 25 heavy (non-hydrogen) atoms. The number of allylic oxidation sites excluding steroid dienone is 1. The Morgan fingerprint density at radius 3 is 2.80 bits per heavy atom. The van der Waals surface area contributed by atoms with E-state index >= 15 is 0 Å². The van der Waals surface area contributed by atoms with Crippen LogP contribution >= 0.6 is 11.3 Å². The third-order valence-corrected chi connectivity index (χ3v) is 5.81. The van der Waals surface area contributed by atoms with Gasteiger partial charge in [-0.15, -0.1) is 11.3 Å². The average Bonchev–Trinajstić information content (AvgIpc) is 3.42. The van der Waals surface area contributed by atoms with Gasteiger partial charge in [-0.25, -0.2) is 4.98 Å². The molecule has 0 saturated carbocycles. The molecule has 1 unspecified atom stereocenters. The molecule has 0 saturated heterocycles. The van der Waals surface area contributed by atoms with Crippen LogP contribution in [0.15, 0.2) is 70.8 Å². The fourth-order valence-corrected chi connectivity index (χ4v) is 4.47. The number of aromatic nitrogens is 3. The van der Waals surface area contributed by atoms with E-state index in [1.807, 2.05) is 0 Å². The number of benzene rings is 1. The summed E-state index contributed by atoms with van der Waals surface area (Å²) in [7, 11) is 0. The number of nitrogens with one attached hydrogen (secondary N) is 1. The highest BCUT2D eigenvalue weighted by atomic mass is 32.1. The Hall–Kier alpha value is -2.92. The van der Waals surface area contributed by atoms with Crippen LogP contribution in [0.4, 0.5) is 0 Å². The number of rotatable bonds is 3. The summed E-state index contributed by atoms with van der Waals surface area (Å²) < 4.78 is 5.43. The first-order chi connectivity index (χ1) is 12.4. The van der Waals surface area contributed by atoms with E-state index in [0.29, 0.717) is 5.89 Å². The minimum Gasteiger partial charge on any atom is -0.443 e. The zero-order valence-electron chi connectivity index (χ0n) is 13.3. The third kappa shape index (κ3) is 2.20. The summed E-state index contributed by atoms with van der Waals surface area (Å²) in [5.41, 5.74) is 4.04. The Labute approximate surface area is 148 Å². The number of oxazole rings is 1. The van der Waals surface area contributed by atoms with Crippen molar-refractivity contribution in [2.75, 3.05) is 0 Å². The van der Waals surface area contributed by atoms with Gasteiger partial charge >= 0.3 is 0 Å². The molecule has 5 rings (SSSR count). The molecule has 0 radical (unpaired) electrons. The lowest BCUT2D eigenvalue weighted by Crippen LogP contribution is -2.29. The van der Waals surface area contributed by atoms with E-state index in [2.05, 4.69) is 75.2 Å². The maximum absolute atomic E-state index is 5.43. The summed E-state index contributed by atoms with van der Waals surface area (Å²) in [5, 5.41) is 9.79. The molecule has 3 heterocycles. The molecule has 0 bridgehead atoms. The normalized spacial score (nSPS) is 19.0. The smallest absolute Gasteiger partial charge is 0.247 e. The van der Waals surface area contributed by atoms with Crippen molar-refractivity contribution in [2.45, 2.75) is 11.8 Å².